The molecule has 4 nitrogen and oxygen atoms in total. The predicted molar refractivity (Wildman–Crippen MR) is 96.2 cm³/mol. The molecule has 1 saturated carbocycles. The van der Waals surface area contributed by atoms with E-state index in [1.54, 1.807) is 0 Å². The lowest BCUT2D eigenvalue weighted by molar-refractivity contribution is -0.131. The van der Waals surface area contributed by atoms with E-state index in [4.69, 9.17) is 4.74 Å². The highest BCUT2D eigenvalue weighted by molar-refractivity contribution is 5.83. The zero-order valence-corrected chi connectivity index (χ0v) is 14.8. The fraction of sp³-hybridized carbons (Fsp3) is 0.500. The number of carbonyl (C=O) groups excluding carboxylic acids is 1. The Hall–Kier alpha value is -2.10. The van der Waals surface area contributed by atoms with Crippen LogP contribution in [0.3, 0.4) is 0 Å². The Bertz CT molecular complexity index is 737. The fourth-order valence-corrected chi connectivity index (χ4v) is 3.12. The highest BCUT2D eigenvalue weighted by atomic mass is 16.5. The summed E-state index contributed by atoms with van der Waals surface area (Å²) in [5.41, 5.74) is 2.10. The number of amides is 1. The summed E-state index contributed by atoms with van der Waals surface area (Å²) in [6.45, 7) is 6.20. The van der Waals surface area contributed by atoms with Crippen LogP contribution < -0.4 is 10.1 Å². The third kappa shape index (κ3) is 3.53. The number of hydrogen-bond acceptors (Lipinski definition) is 3. The van der Waals surface area contributed by atoms with Crippen LogP contribution in [0.2, 0.25) is 0 Å². The summed E-state index contributed by atoms with van der Waals surface area (Å²) in [5, 5.41) is 4.19. The summed E-state index contributed by atoms with van der Waals surface area (Å²) < 4.78 is 5.98. The average molecular weight is 326 g/mol. The molecular weight excluding hydrogens is 300 g/mol. The molecule has 1 atom stereocenters. The third-order valence-electron chi connectivity index (χ3n) is 4.94. The molecule has 1 aromatic carbocycles. The minimum Gasteiger partial charge on any atom is -0.481 e. The first-order valence-corrected chi connectivity index (χ1v) is 8.90. The molecular formula is C20H26N2O2. The van der Waals surface area contributed by atoms with Crippen LogP contribution in [0.1, 0.15) is 52.0 Å². The molecule has 1 fully saturated rings. The van der Waals surface area contributed by atoms with Gasteiger partial charge < -0.3 is 10.1 Å². The van der Waals surface area contributed by atoms with Crippen molar-refractivity contribution < 1.29 is 9.53 Å². The molecule has 1 amide bonds. The molecule has 0 spiro atoms. The Morgan fingerprint density at radius 2 is 2.12 bits per heavy atom. The van der Waals surface area contributed by atoms with E-state index >= 15 is 0 Å². The van der Waals surface area contributed by atoms with Crippen molar-refractivity contribution in [1.29, 1.82) is 0 Å². The minimum atomic E-state index is -0.456. The second-order valence-corrected chi connectivity index (χ2v) is 6.97. The normalized spacial score (nSPS) is 17.1. The van der Waals surface area contributed by atoms with Gasteiger partial charge in [0.05, 0.1) is 5.52 Å². The Kier molecular flexibility index (Phi) is 4.74. The average Bonchev–Trinajstić information content (AvgIpc) is 2.57. The Labute approximate surface area is 143 Å². The Morgan fingerprint density at radius 1 is 1.33 bits per heavy atom. The van der Waals surface area contributed by atoms with Gasteiger partial charge in [-0.1, -0.05) is 13.8 Å². The molecule has 0 bridgehead atoms. The van der Waals surface area contributed by atoms with Gasteiger partial charge in [-0.25, -0.2) is 0 Å². The first-order valence-electron chi connectivity index (χ1n) is 8.90. The van der Waals surface area contributed by atoms with Crippen molar-refractivity contribution in [2.24, 2.45) is 0 Å². The van der Waals surface area contributed by atoms with Crippen LogP contribution in [0.25, 0.3) is 10.9 Å². The summed E-state index contributed by atoms with van der Waals surface area (Å²) in [5.74, 6) is 0.707. The van der Waals surface area contributed by atoms with Gasteiger partial charge in [0.25, 0.3) is 5.91 Å². The molecule has 128 valence electrons. The Balaban J connectivity index is 1.75. The third-order valence-corrected chi connectivity index (χ3v) is 4.94. The van der Waals surface area contributed by atoms with Gasteiger partial charge in [0.1, 0.15) is 5.75 Å². The van der Waals surface area contributed by atoms with Gasteiger partial charge in [0.2, 0.25) is 0 Å². The maximum atomic E-state index is 12.5. The summed E-state index contributed by atoms with van der Waals surface area (Å²) in [6.07, 6.45) is 6.34. The quantitative estimate of drug-likeness (QED) is 0.872. The van der Waals surface area contributed by atoms with E-state index in [0.29, 0.717) is 6.42 Å². The van der Waals surface area contributed by atoms with E-state index in [1.807, 2.05) is 31.3 Å². The van der Waals surface area contributed by atoms with Crippen molar-refractivity contribution in [2.45, 2.75) is 64.5 Å². The molecule has 1 aliphatic carbocycles. The summed E-state index contributed by atoms with van der Waals surface area (Å²) in [6, 6.07) is 7.94. The SMILES string of the molecule is CCc1cnc2ccc(OC(CC)C(=O)NC3(C)CCC3)cc2c1. The first kappa shape index (κ1) is 16.7. The second kappa shape index (κ2) is 6.80. The number of pyridine rings is 1. The summed E-state index contributed by atoms with van der Waals surface area (Å²) in [7, 11) is 0. The number of ether oxygens (including phenoxy) is 1. The van der Waals surface area contributed by atoms with E-state index in [-0.39, 0.29) is 11.4 Å². The number of aryl methyl sites for hydroxylation is 1. The summed E-state index contributed by atoms with van der Waals surface area (Å²) in [4.78, 5) is 17.0. The van der Waals surface area contributed by atoms with Gasteiger partial charge in [-0.15, -0.1) is 0 Å². The largest absolute Gasteiger partial charge is 0.481 e. The van der Waals surface area contributed by atoms with E-state index < -0.39 is 6.10 Å². The summed E-state index contributed by atoms with van der Waals surface area (Å²) >= 11 is 0. The van der Waals surface area contributed by atoms with Crippen LogP contribution in [0.15, 0.2) is 30.5 Å². The number of nitrogens with zero attached hydrogens (tertiary/aromatic N) is 1. The van der Waals surface area contributed by atoms with Crippen LogP contribution in [0.4, 0.5) is 0 Å². The topological polar surface area (TPSA) is 51.2 Å². The number of nitrogens with one attached hydrogen (secondary N) is 1. The number of rotatable bonds is 6. The number of carbonyl (C=O) groups is 1. The molecule has 24 heavy (non-hydrogen) atoms. The first-order chi connectivity index (χ1) is 11.5. The molecule has 1 aliphatic rings. The van der Waals surface area contributed by atoms with Gasteiger partial charge in [-0.3, -0.25) is 9.78 Å². The van der Waals surface area contributed by atoms with Crippen molar-refractivity contribution >= 4 is 16.8 Å². The molecule has 3 rings (SSSR count). The molecule has 0 saturated heterocycles. The number of fused-ring (bicyclic) bond motifs is 1. The molecule has 1 aromatic heterocycles. The maximum absolute atomic E-state index is 12.5. The molecule has 1 heterocycles. The highest BCUT2D eigenvalue weighted by Crippen LogP contribution is 2.31. The molecule has 0 radical (unpaired) electrons. The van der Waals surface area contributed by atoms with Crippen molar-refractivity contribution in [1.82, 2.24) is 10.3 Å². The molecule has 1 N–H and O–H groups in total. The van der Waals surface area contributed by atoms with E-state index in [2.05, 4.69) is 30.2 Å². The zero-order valence-electron chi connectivity index (χ0n) is 14.8. The van der Waals surface area contributed by atoms with Gasteiger partial charge in [0, 0.05) is 17.1 Å². The van der Waals surface area contributed by atoms with Crippen molar-refractivity contribution in [3.63, 3.8) is 0 Å². The molecule has 4 heteroatoms. The lowest BCUT2D eigenvalue weighted by atomic mass is 9.78. The number of aromatic nitrogens is 1. The van der Waals surface area contributed by atoms with Crippen molar-refractivity contribution in [3.8, 4) is 5.75 Å². The van der Waals surface area contributed by atoms with Crippen LogP contribution in [-0.4, -0.2) is 22.5 Å². The second-order valence-electron chi connectivity index (χ2n) is 6.97. The smallest absolute Gasteiger partial charge is 0.261 e. The van der Waals surface area contributed by atoms with E-state index in [9.17, 15) is 4.79 Å². The van der Waals surface area contributed by atoms with Crippen molar-refractivity contribution in [3.05, 3.63) is 36.0 Å². The lowest BCUT2D eigenvalue weighted by Crippen LogP contribution is -2.54. The lowest BCUT2D eigenvalue weighted by Gasteiger charge is -2.40. The van der Waals surface area contributed by atoms with E-state index in [1.165, 1.54) is 12.0 Å². The number of benzene rings is 1. The van der Waals surface area contributed by atoms with Gasteiger partial charge in [-0.05, 0) is 68.9 Å². The predicted octanol–water partition coefficient (Wildman–Crippen LogP) is 4.01. The monoisotopic (exact) mass is 326 g/mol. The Morgan fingerprint density at radius 3 is 2.75 bits per heavy atom. The van der Waals surface area contributed by atoms with Crippen molar-refractivity contribution in [2.75, 3.05) is 0 Å². The fourth-order valence-electron chi connectivity index (χ4n) is 3.12. The van der Waals surface area contributed by atoms with Gasteiger partial charge in [0.15, 0.2) is 6.10 Å². The molecule has 0 aliphatic heterocycles. The zero-order chi connectivity index (χ0) is 17.2. The highest BCUT2D eigenvalue weighted by Gasteiger charge is 2.35. The van der Waals surface area contributed by atoms with Crippen LogP contribution >= 0.6 is 0 Å². The van der Waals surface area contributed by atoms with Crippen LogP contribution in [-0.2, 0) is 11.2 Å². The van der Waals surface area contributed by atoms with Gasteiger partial charge in [-0.2, -0.15) is 0 Å². The number of hydrogen-bond donors (Lipinski definition) is 1. The molecule has 2 aromatic rings. The van der Waals surface area contributed by atoms with E-state index in [0.717, 1.165) is 35.9 Å². The molecule has 1 unspecified atom stereocenters. The van der Waals surface area contributed by atoms with Crippen LogP contribution in [0.5, 0.6) is 5.75 Å². The van der Waals surface area contributed by atoms with Gasteiger partial charge >= 0.3 is 0 Å². The maximum Gasteiger partial charge on any atom is 0.261 e. The van der Waals surface area contributed by atoms with Crippen LogP contribution in [0, 0.1) is 0 Å². The standard InChI is InChI=1S/C20H26N2O2/c1-4-14-11-15-12-16(7-8-17(15)21-13-14)24-18(5-2)19(23)22-20(3)9-6-10-20/h7-8,11-13,18H,4-6,9-10H2,1-3H3,(H,22,23). The minimum absolute atomic E-state index is 0.0137.